The molecule has 8 heteroatoms. The Morgan fingerprint density at radius 2 is 2.05 bits per heavy atom. The molecule has 0 fully saturated rings. The molecule has 0 amide bonds. The van der Waals surface area contributed by atoms with E-state index in [2.05, 4.69) is 32.2 Å². The summed E-state index contributed by atoms with van der Waals surface area (Å²) in [6.45, 7) is 2.87. The fraction of sp³-hybridized carbons (Fsp3) is 0.231. The van der Waals surface area contributed by atoms with E-state index in [1.165, 1.54) is 11.8 Å². The van der Waals surface area contributed by atoms with Crippen LogP contribution in [0.4, 0.5) is 5.95 Å². The van der Waals surface area contributed by atoms with Crippen LogP contribution in [-0.2, 0) is 0 Å². The van der Waals surface area contributed by atoms with Crippen molar-refractivity contribution >= 4 is 50.9 Å². The van der Waals surface area contributed by atoms with E-state index in [0.29, 0.717) is 11.1 Å². The average molecular weight is 338 g/mol. The molecule has 0 atom stereocenters. The van der Waals surface area contributed by atoms with Crippen molar-refractivity contribution in [2.45, 2.75) is 22.8 Å². The summed E-state index contributed by atoms with van der Waals surface area (Å²) in [5.41, 5.74) is 0.981. The van der Waals surface area contributed by atoms with Gasteiger partial charge >= 0.3 is 0 Å². The highest BCUT2D eigenvalue weighted by molar-refractivity contribution is 8.01. The quantitative estimate of drug-likeness (QED) is 0.756. The Bertz CT molecular complexity index is 728. The molecule has 3 aromatic rings. The molecule has 5 nitrogen and oxygen atoms in total. The Labute approximate surface area is 135 Å². The van der Waals surface area contributed by atoms with Gasteiger partial charge in [-0.3, -0.25) is 0 Å². The zero-order valence-corrected chi connectivity index (χ0v) is 13.6. The van der Waals surface area contributed by atoms with Crippen LogP contribution in [0.15, 0.2) is 33.8 Å². The largest absolute Gasteiger partial charge is 0.354 e. The van der Waals surface area contributed by atoms with Crippen LogP contribution in [0.25, 0.3) is 10.2 Å². The van der Waals surface area contributed by atoms with Gasteiger partial charge in [-0.25, -0.2) is 4.98 Å². The van der Waals surface area contributed by atoms with Crippen molar-refractivity contribution in [1.82, 2.24) is 19.9 Å². The summed E-state index contributed by atoms with van der Waals surface area (Å²) in [6.07, 6.45) is 0.990. The SMILES string of the molecule is CCCNc1nc(Cl)nc(Sc2nc3ccccc3s2)n1. The van der Waals surface area contributed by atoms with E-state index in [9.17, 15) is 0 Å². The summed E-state index contributed by atoms with van der Waals surface area (Å²) in [4.78, 5) is 17.1. The van der Waals surface area contributed by atoms with Crippen LogP contribution >= 0.6 is 34.7 Å². The third kappa shape index (κ3) is 3.61. The number of anilines is 1. The molecule has 1 N–H and O–H groups in total. The Morgan fingerprint density at radius 1 is 1.19 bits per heavy atom. The maximum atomic E-state index is 5.94. The molecule has 0 aliphatic heterocycles. The van der Waals surface area contributed by atoms with E-state index in [1.807, 2.05) is 24.3 Å². The van der Waals surface area contributed by atoms with E-state index >= 15 is 0 Å². The van der Waals surface area contributed by atoms with Gasteiger partial charge in [0, 0.05) is 6.54 Å². The number of benzene rings is 1. The van der Waals surface area contributed by atoms with E-state index < -0.39 is 0 Å². The predicted molar refractivity (Wildman–Crippen MR) is 87.4 cm³/mol. The lowest BCUT2D eigenvalue weighted by molar-refractivity contribution is 0.877. The predicted octanol–water partition coefficient (Wildman–Crippen LogP) is 4.11. The number of aromatic nitrogens is 4. The van der Waals surface area contributed by atoms with Crippen molar-refractivity contribution in [1.29, 1.82) is 0 Å². The van der Waals surface area contributed by atoms with E-state index in [1.54, 1.807) is 11.3 Å². The van der Waals surface area contributed by atoms with Crippen molar-refractivity contribution in [3.63, 3.8) is 0 Å². The minimum Gasteiger partial charge on any atom is -0.354 e. The lowest BCUT2D eigenvalue weighted by Crippen LogP contribution is -2.06. The zero-order valence-electron chi connectivity index (χ0n) is 11.2. The number of nitrogens with one attached hydrogen (secondary N) is 1. The number of hydrogen-bond donors (Lipinski definition) is 1. The summed E-state index contributed by atoms with van der Waals surface area (Å²) >= 11 is 8.95. The van der Waals surface area contributed by atoms with Crippen molar-refractivity contribution in [2.75, 3.05) is 11.9 Å². The van der Waals surface area contributed by atoms with Crippen LogP contribution in [0, 0.1) is 0 Å². The number of fused-ring (bicyclic) bond motifs is 1. The van der Waals surface area contributed by atoms with Crippen LogP contribution in [-0.4, -0.2) is 26.5 Å². The van der Waals surface area contributed by atoms with Gasteiger partial charge < -0.3 is 5.32 Å². The number of rotatable bonds is 5. The third-order valence-electron chi connectivity index (χ3n) is 2.57. The monoisotopic (exact) mass is 337 g/mol. The second kappa shape index (κ2) is 6.55. The highest BCUT2D eigenvalue weighted by Crippen LogP contribution is 2.33. The van der Waals surface area contributed by atoms with Crippen molar-refractivity contribution in [3.8, 4) is 0 Å². The molecule has 0 saturated heterocycles. The molecule has 2 aromatic heterocycles. The molecule has 108 valence electrons. The van der Waals surface area contributed by atoms with Gasteiger partial charge in [0.05, 0.1) is 10.2 Å². The normalized spacial score (nSPS) is 11.0. The van der Waals surface area contributed by atoms with Gasteiger partial charge in [-0.15, -0.1) is 11.3 Å². The Hall–Kier alpha value is -1.44. The number of thiazole rings is 1. The fourth-order valence-corrected chi connectivity index (χ4v) is 3.80. The Balaban J connectivity index is 1.84. The lowest BCUT2D eigenvalue weighted by Gasteiger charge is -2.04. The zero-order chi connectivity index (χ0) is 14.7. The number of para-hydroxylation sites is 1. The van der Waals surface area contributed by atoms with Crippen LogP contribution < -0.4 is 5.32 Å². The van der Waals surface area contributed by atoms with Gasteiger partial charge in [-0.05, 0) is 41.9 Å². The third-order valence-corrected chi connectivity index (χ3v) is 4.70. The van der Waals surface area contributed by atoms with Crippen LogP contribution in [0.1, 0.15) is 13.3 Å². The van der Waals surface area contributed by atoms with Crippen molar-refractivity contribution in [3.05, 3.63) is 29.5 Å². The molecule has 1 aromatic carbocycles. The molecular formula is C13H12ClN5S2. The van der Waals surface area contributed by atoms with E-state index in [-0.39, 0.29) is 5.28 Å². The van der Waals surface area contributed by atoms with Crippen molar-refractivity contribution < 1.29 is 0 Å². The number of hydrogen-bond acceptors (Lipinski definition) is 7. The average Bonchev–Trinajstić information content (AvgIpc) is 2.86. The minimum atomic E-state index is 0.187. The summed E-state index contributed by atoms with van der Waals surface area (Å²) in [7, 11) is 0. The van der Waals surface area contributed by atoms with Gasteiger partial charge in [-0.1, -0.05) is 19.1 Å². The molecule has 0 aliphatic rings. The topological polar surface area (TPSA) is 63.6 Å². The maximum Gasteiger partial charge on any atom is 0.228 e. The van der Waals surface area contributed by atoms with Gasteiger partial charge in [0.2, 0.25) is 16.4 Å². The van der Waals surface area contributed by atoms with Crippen LogP contribution in [0.5, 0.6) is 0 Å². The molecule has 0 saturated carbocycles. The number of nitrogens with zero attached hydrogens (tertiary/aromatic N) is 4. The maximum absolute atomic E-state index is 5.94. The first kappa shape index (κ1) is 14.5. The second-order valence-electron chi connectivity index (χ2n) is 4.19. The molecule has 0 aliphatic carbocycles. The van der Waals surface area contributed by atoms with E-state index in [4.69, 9.17) is 11.6 Å². The first-order valence-electron chi connectivity index (χ1n) is 6.43. The lowest BCUT2D eigenvalue weighted by atomic mass is 10.3. The summed E-state index contributed by atoms with van der Waals surface area (Å²) in [6, 6.07) is 8.01. The van der Waals surface area contributed by atoms with Gasteiger partial charge in [-0.2, -0.15) is 15.0 Å². The highest BCUT2D eigenvalue weighted by Gasteiger charge is 2.10. The van der Waals surface area contributed by atoms with Gasteiger partial charge in [0.25, 0.3) is 0 Å². The summed E-state index contributed by atoms with van der Waals surface area (Å²) in [5.74, 6) is 0.500. The molecular weight excluding hydrogens is 326 g/mol. The fourth-order valence-electron chi connectivity index (χ4n) is 1.67. The summed E-state index contributed by atoms with van der Waals surface area (Å²) < 4.78 is 2.03. The first-order valence-corrected chi connectivity index (χ1v) is 8.44. The molecule has 0 radical (unpaired) electrons. The molecule has 21 heavy (non-hydrogen) atoms. The minimum absolute atomic E-state index is 0.187. The molecule has 0 bridgehead atoms. The van der Waals surface area contributed by atoms with Gasteiger partial charge in [0.1, 0.15) is 0 Å². The Morgan fingerprint density at radius 3 is 2.86 bits per heavy atom. The first-order chi connectivity index (χ1) is 10.2. The number of halogens is 1. The molecule has 2 heterocycles. The smallest absolute Gasteiger partial charge is 0.228 e. The van der Waals surface area contributed by atoms with Gasteiger partial charge in [0.15, 0.2) is 4.34 Å². The Kier molecular flexibility index (Phi) is 4.52. The second-order valence-corrected chi connectivity index (χ2v) is 6.77. The molecule has 3 rings (SSSR count). The highest BCUT2D eigenvalue weighted by atomic mass is 35.5. The standard InChI is InChI=1S/C13H12ClN5S2/c1-2-7-15-11-17-10(14)18-12(19-11)21-13-16-8-5-3-4-6-9(8)20-13/h3-6H,2,7H2,1H3,(H,15,17,18,19). The van der Waals surface area contributed by atoms with Crippen molar-refractivity contribution in [2.24, 2.45) is 0 Å². The van der Waals surface area contributed by atoms with E-state index in [0.717, 1.165) is 27.5 Å². The van der Waals surface area contributed by atoms with Crippen LogP contribution in [0.3, 0.4) is 0 Å². The summed E-state index contributed by atoms with van der Waals surface area (Å²) in [5, 5.41) is 3.85. The molecule has 0 unspecified atom stereocenters. The molecule has 0 spiro atoms. The van der Waals surface area contributed by atoms with Crippen LogP contribution in [0.2, 0.25) is 5.28 Å².